The van der Waals surface area contributed by atoms with E-state index in [9.17, 15) is 9.59 Å². The van der Waals surface area contributed by atoms with Crippen LogP contribution in [-0.2, 0) is 17.9 Å². The summed E-state index contributed by atoms with van der Waals surface area (Å²) in [5, 5.41) is 2.98. The number of rotatable bonds is 7. The predicted molar refractivity (Wildman–Crippen MR) is 120 cm³/mol. The summed E-state index contributed by atoms with van der Waals surface area (Å²) in [6.07, 6.45) is 1.30. The van der Waals surface area contributed by atoms with Gasteiger partial charge in [0.05, 0.1) is 6.54 Å². The molecule has 2 unspecified atom stereocenters. The van der Waals surface area contributed by atoms with Crippen LogP contribution >= 0.6 is 0 Å². The molecule has 0 aliphatic carbocycles. The van der Waals surface area contributed by atoms with Gasteiger partial charge in [-0.2, -0.15) is 0 Å². The first-order valence-electron chi connectivity index (χ1n) is 10.8. The average Bonchev–Trinajstić information content (AvgIpc) is 2.72. The Balaban J connectivity index is 1.54. The quantitative estimate of drug-likeness (QED) is 0.764. The van der Waals surface area contributed by atoms with Gasteiger partial charge in [0.15, 0.2) is 0 Å². The minimum absolute atomic E-state index is 0.0387. The summed E-state index contributed by atoms with van der Waals surface area (Å²) in [7, 11) is 1.65. The fourth-order valence-electron chi connectivity index (χ4n) is 4.38. The van der Waals surface area contributed by atoms with Crippen molar-refractivity contribution in [3.63, 3.8) is 0 Å². The Hall–Kier alpha value is -2.66. The van der Waals surface area contributed by atoms with Gasteiger partial charge < -0.3 is 10.2 Å². The van der Waals surface area contributed by atoms with Gasteiger partial charge in [-0.05, 0) is 41.5 Å². The zero-order valence-electron chi connectivity index (χ0n) is 18.3. The maximum atomic E-state index is 12.4. The van der Waals surface area contributed by atoms with E-state index in [2.05, 4.69) is 42.3 Å². The highest BCUT2D eigenvalue weighted by Crippen LogP contribution is 2.23. The lowest BCUT2D eigenvalue weighted by atomic mass is 9.91. The van der Waals surface area contributed by atoms with Crippen LogP contribution in [0.25, 0.3) is 0 Å². The van der Waals surface area contributed by atoms with Crippen molar-refractivity contribution in [1.29, 1.82) is 0 Å². The van der Waals surface area contributed by atoms with E-state index < -0.39 is 0 Å². The molecule has 0 radical (unpaired) electrons. The number of piperidine rings is 1. The third kappa shape index (κ3) is 6.17. The van der Waals surface area contributed by atoms with E-state index >= 15 is 0 Å². The van der Waals surface area contributed by atoms with Crippen molar-refractivity contribution in [1.82, 2.24) is 15.1 Å². The van der Waals surface area contributed by atoms with Crippen molar-refractivity contribution < 1.29 is 9.59 Å². The van der Waals surface area contributed by atoms with Crippen LogP contribution in [-0.4, -0.2) is 48.3 Å². The highest BCUT2D eigenvalue weighted by atomic mass is 16.2. The first-order chi connectivity index (χ1) is 14.4. The minimum Gasteiger partial charge on any atom is -0.350 e. The number of likely N-dealkylation sites (N-methyl/N-ethyl adjacent to an activating group) is 1. The molecule has 160 valence electrons. The molecular weight excluding hydrogens is 374 g/mol. The summed E-state index contributed by atoms with van der Waals surface area (Å²) in [4.78, 5) is 28.8. The number of amides is 2. The summed E-state index contributed by atoms with van der Waals surface area (Å²) in [5.74, 6) is 1.13. The molecule has 2 aromatic carbocycles. The number of carbonyl (C=O) groups is 2. The summed E-state index contributed by atoms with van der Waals surface area (Å²) in [5.41, 5.74) is 2.98. The number of likely N-dealkylation sites (tertiary alicyclic amines) is 1. The van der Waals surface area contributed by atoms with Gasteiger partial charge in [0.1, 0.15) is 0 Å². The Kier molecular flexibility index (Phi) is 7.63. The SMILES string of the molecule is CC1CC(C)CN(Cc2ccccc2CNC(=O)CN(C)C(=O)c2ccccc2)C1. The normalized spacial score (nSPS) is 19.3. The van der Waals surface area contributed by atoms with Crippen LogP contribution in [0.5, 0.6) is 0 Å². The van der Waals surface area contributed by atoms with Gasteiger partial charge in [-0.15, -0.1) is 0 Å². The van der Waals surface area contributed by atoms with Crippen LogP contribution in [0.2, 0.25) is 0 Å². The average molecular weight is 408 g/mol. The molecule has 0 bridgehead atoms. The lowest BCUT2D eigenvalue weighted by molar-refractivity contribution is -0.121. The Morgan fingerprint density at radius 2 is 1.57 bits per heavy atom. The summed E-state index contributed by atoms with van der Waals surface area (Å²) >= 11 is 0. The molecule has 2 atom stereocenters. The molecule has 5 heteroatoms. The smallest absolute Gasteiger partial charge is 0.254 e. The maximum absolute atomic E-state index is 12.4. The Labute approximate surface area is 180 Å². The monoisotopic (exact) mass is 407 g/mol. The van der Waals surface area contributed by atoms with E-state index in [-0.39, 0.29) is 18.4 Å². The lowest BCUT2D eigenvalue weighted by Gasteiger charge is -2.35. The first-order valence-corrected chi connectivity index (χ1v) is 10.8. The number of nitrogens with zero attached hydrogens (tertiary/aromatic N) is 2. The van der Waals surface area contributed by atoms with Crippen molar-refractivity contribution in [2.45, 2.75) is 33.4 Å². The van der Waals surface area contributed by atoms with E-state index in [1.807, 2.05) is 24.3 Å². The minimum atomic E-state index is -0.156. The maximum Gasteiger partial charge on any atom is 0.254 e. The zero-order valence-corrected chi connectivity index (χ0v) is 18.3. The second-order valence-electron chi connectivity index (χ2n) is 8.71. The number of benzene rings is 2. The predicted octanol–water partition coefficient (Wildman–Crippen LogP) is 3.55. The molecule has 5 nitrogen and oxygen atoms in total. The number of hydrogen-bond donors (Lipinski definition) is 1. The first kappa shape index (κ1) is 22.0. The molecule has 30 heavy (non-hydrogen) atoms. The van der Waals surface area contributed by atoms with E-state index in [0.717, 1.165) is 37.0 Å². The van der Waals surface area contributed by atoms with Crippen molar-refractivity contribution in [3.8, 4) is 0 Å². The van der Waals surface area contributed by atoms with Gasteiger partial charge in [-0.1, -0.05) is 56.3 Å². The van der Waals surface area contributed by atoms with Gasteiger partial charge >= 0.3 is 0 Å². The number of carbonyl (C=O) groups excluding carboxylic acids is 2. The van der Waals surface area contributed by atoms with Crippen molar-refractivity contribution >= 4 is 11.8 Å². The molecule has 0 aromatic heterocycles. The molecular formula is C25H33N3O2. The Bertz CT molecular complexity index is 842. The summed E-state index contributed by atoms with van der Waals surface area (Å²) in [6.45, 7) is 8.31. The van der Waals surface area contributed by atoms with Crippen LogP contribution in [0.15, 0.2) is 54.6 Å². The molecule has 2 aromatic rings. The third-order valence-electron chi connectivity index (χ3n) is 5.68. The summed E-state index contributed by atoms with van der Waals surface area (Å²) in [6, 6.07) is 17.3. The van der Waals surface area contributed by atoms with Gasteiger partial charge in [-0.3, -0.25) is 14.5 Å². The second-order valence-corrected chi connectivity index (χ2v) is 8.71. The molecule has 0 spiro atoms. The Morgan fingerprint density at radius 3 is 2.23 bits per heavy atom. The van der Waals surface area contributed by atoms with Crippen molar-refractivity contribution in [2.24, 2.45) is 11.8 Å². The molecule has 1 N–H and O–H groups in total. The highest BCUT2D eigenvalue weighted by Gasteiger charge is 2.22. The molecule has 1 saturated heterocycles. The Morgan fingerprint density at radius 1 is 0.967 bits per heavy atom. The van der Waals surface area contributed by atoms with Gasteiger partial charge in [0.2, 0.25) is 5.91 Å². The van der Waals surface area contributed by atoms with Gasteiger partial charge in [0.25, 0.3) is 5.91 Å². The van der Waals surface area contributed by atoms with Crippen LogP contribution in [0.3, 0.4) is 0 Å². The second kappa shape index (κ2) is 10.4. The van der Waals surface area contributed by atoms with Crippen LogP contribution in [0, 0.1) is 11.8 Å². The molecule has 1 fully saturated rings. The van der Waals surface area contributed by atoms with E-state index in [4.69, 9.17) is 0 Å². The van der Waals surface area contributed by atoms with E-state index in [0.29, 0.717) is 12.1 Å². The highest BCUT2D eigenvalue weighted by molar-refractivity contribution is 5.96. The largest absolute Gasteiger partial charge is 0.350 e. The molecule has 1 heterocycles. The fourth-order valence-corrected chi connectivity index (χ4v) is 4.38. The standard InChI is InChI=1S/C25H33N3O2/c1-19-13-20(2)16-28(15-19)17-23-12-8-7-11-22(23)14-26-24(29)18-27(3)25(30)21-9-5-4-6-10-21/h4-12,19-20H,13-18H2,1-3H3,(H,26,29). The van der Waals surface area contributed by atoms with E-state index in [1.54, 1.807) is 19.2 Å². The fraction of sp³-hybridized carbons (Fsp3) is 0.440. The van der Waals surface area contributed by atoms with Crippen LogP contribution in [0.1, 0.15) is 41.8 Å². The summed E-state index contributed by atoms with van der Waals surface area (Å²) < 4.78 is 0. The van der Waals surface area contributed by atoms with Crippen LogP contribution in [0.4, 0.5) is 0 Å². The van der Waals surface area contributed by atoms with Crippen molar-refractivity contribution in [2.75, 3.05) is 26.7 Å². The number of nitrogens with one attached hydrogen (secondary N) is 1. The lowest BCUT2D eigenvalue weighted by Crippen LogP contribution is -2.39. The number of hydrogen-bond acceptors (Lipinski definition) is 3. The zero-order chi connectivity index (χ0) is 21.5. The molecule has 3 rings (SSSR count). The topological polar surface area (TPSA) is 52.7 Å². The van der Waals surface area contributed by atoms with Gasteiger partial charge in [-0.25, -0.2) is 0 Å². The molecule has 1 aliphatic rings. The van der Waals surface area contributed by atoms with E-state index in [1.165, 1.54) is 16.9 Å². The molecule has 2 amide bonds. The third-order valence-corrected chi connectivity index (χ3v) is 5.68. The molecule has 0 saturated carbocycles. The van der Waals surface area contributed by atoms with Crippen molar-refractivity contribution in [3.05, 3.63) is 71.3 Å². The van der Waals surface area contributed by atoms with Crippen LogP contribution < -0.4 is 5.32 Å². The van der Waals surface area contributed by atoms with Gasteiger partial charge in [0, 0.05) is 38.8 Å². The molecule has 1 aliphatic heterocycles.